The van der Waals surface area contributed by atoms with Gasteiger partial charge in [-0.25, -0.2) is 0 Å². The molecule has 0 saturated carbocycles. The Kier molecular flexibility index (Phi) is 13.9. The topological polar surface area (TPSA) is 101 Å². The predicted molar refractivity (Wildman–Crippen MR) is 76.5 cm³/mol. The number of unbranched alkanes of at least 4 members (excludes halogenated alkanes) is 1. The van der Waals surface area contributed by atoms with E-state index in [1.54, 1.807) is 14.2 Å². The number of carboxylic acids is 1. The van der Waals surface area contributed by atoms with Crippen LogP contribution in [0.2, 0.25) is 0 Å². The number of rotatable bonds is 15. The van der Waals surface area contributed by atoms with Gasteiger partial charge in [-0.15, -0.1) is 0 Å². The van der Waals surface area contributed by atoms with Gasteiger partial charge < -0.3 is 28.8 Å². The van der Waals surface area contributed by atoms with Crippen molar-refractivity contribution >= 4 is 11.9 Å². The number of esters is 1. The van der Waals surface area contributed by atoms with Crippen LogP contribution in [0.1, 0.15) is 25.7 Å². The van der Waals surface area contributed by atoms with E-state index >= 15 is 0 Å². The van der Waals surface area contributed by atoms with E-state index in [2.05, 4.69) is 0 Å². The molecule has 0 aromatic rings. The molecule has 0 aromatic carbocycles. The van der Waals surface area contributed by atoms with Crippen LogP contribution in [0.3, 0.4) is 0 Å². The first-order valence-electron chi connectivity index (χ1n) is 7.18. The molecule has 0 aliphatic rings. The number of carbonyl (C=O) groups excluding carboxylic acids is 1. The Bertz CT molecular complexity index is 285. The van der Waals surface area contributed by atoms with Gasteiger partial charge in [0.05, 0.1) is 26.4 Å². The van der Waals surface area contributed by atoms with Crippen LogP contribution in [0.15, 0.2) is 0 Å². The Hall–Kier alpha value is -1.22. The summed E-state index contributed by atoms with van der Waals surface area (Å²) in [5.74, 6) is -1.27. The van der Waals surface area contributed by atoms with Crippen molar-refractivity contribution in [2.75, 3.05) is 47.3 Å². The minimum absolute atomic E-state index is 0.0226. The number of methoxy groups -OCH3 is 2. The van der Waals surface area contributed by atoms with Gasteiger partial charge in [0.15, 0.2) is 6.29 Å². The van der Waals surface area contributed by atoms with Crippen molar-refractivity contribution in [2.24, 2.45) is 0 Å². The molecule has 22 heavy (non-hydrogen) atoms. The molecular weight excluding hydrogens is 296 g/mol. The lowest BCUT2D eigenvalue weighted by atomic mass is 10.2. The van der Waals surface area contributed by atoms with Crippen molar-refractivity contribution in [3.63, 3.8) is 0 Å². The first-order valence-corrected chi connectivity index (χ1v) is 7.18. The molecule has 130 valence electrons. The third-order valence-corrected chi connectivity index (χ3v) is 2.58. The highest BCUT2D eigenvalue weighted by atomic mass is 16.7. The smallest absolute Gasteiger partial charge is 0.305 e. The van der Waals surface area contributed by atoms with E-state index in [0.29, 0.717) is 39.3 Å². The van der Waals surface area contributed by atoms with E-state index in [0.717, 1.165) is 0 Å². The van der Waals surface area contributed by atoms with Crippen molar-refractivity contribution in [3.8, 4) is 0 Å². The number of hydrogen-bond donors (Lipinski definition) is 1. The molecule has 8 nitrogen and oxygen atoms in total. The summed E-state index contributed by atoms with van der Waals surface area (Å²) in [5, 5.41) is 8.49. The highest BCUT2D eigenvalue weighted by molar-refractivity contribution is 5.69. The fraction of sp³-hybridized carbons (Fsp3) is 0.857. The molecule has 0 amide bonds. The largest absolute Gasteiger partial charge is 0.481 e. The number of carbonyl (C=O) groups is 2. The Morgan fingerprint density at radius 1 is 0.909 bits per heavy atom. The van der Waals surface area contributed by atoms with Gasteiger partial charge in [-0.05, 0) is 12.8 Å². The molecule has 0 aliphatic carbocycles. The molecule has 0 atom stereocenters. The van der Waals surface area contributed by atoms with Gasteiger partial charge in [-0.1, -0.05) is 0 Å². The Morgan fingerprint density at radius 2 is 1.45 bits per heavy atom. The number of aliphatic carboxylic acids is 1. The van der Waals surface area contributed by atoms with Gasteiger partial charge in [0.2, 0.25) is 0 Å². The maximum Gasteiger partial charge on any atom is 0.305 e. The van der Waals surface area contributed by atoms with Gasteiger partial charge in [-0.3, -0.25) is 9.59 Å². The van der Waals surface area contributed by atoms with Crippen LogP contribution < -0.4 is 0 Å². The third kappa shape index (κ3) is 13.7. The van der Waals surface area contributed by atoms with Crippen LogP contribution in [0.25, 0.3) is 0 Å². The zero-order valence-electron chi connectivity index (χ0n) is 13.2. The van der Waals surface area contributed by atoms with Gasteiger partial charge in [0.25, 0.3) is 0 Å². The predicted octanol–water partition coefficient (Wildman–Crippen LogP) is 0.827. The highest BCUT2D eigenvalue weighted by Crippen LogP contribution is 2.03. The molecule has 1 N–H and O–H groups in total. The minimum Gasteiger partial charge on any atom is -0.481 e. The average molecular weight is 322 g/mol. The van der Waals surface area contributed by atoms with Gasteiger partial charge in [0, 0.05) is 27.1 Å². The summed E-state index contributed by atoms with van der Waals surface area (Å²) in [6, 6.07) is 0. The standard InChI is InChI=1S/C14H26O8/c1-18-7-9-20-14(21-10-8-19-2)11-22-13(17)6-4-3-5-12(15)16/h14H,3-11H2,1-2H3,(H,15,16). The van der Waals surface area contributed by atoms with E-state index in [1.165, 1.54) is 0 Å². The van der Waals surface area contributed by atoms with Crippen LogP contribution in [0.5, 0.6) is 0 Å². The van der Waals surface area contributed by atoms with Crippen molar-refractivity contribution < 1.29 is 38.4 Å². The fourth-order valence-electron chi connectivity index (χ4n) is 1.45. The van der Waals surface area contributed by atoms with Crippen LogP contribution in [-0.2, 0) is 33.3 Å². The van der Waals surface area contributed by atoms with Crippen LogP contribution in [-0.4, -0.2) is 70.6 Å². The SMILES string of the molecule is COCCOC(COC(=O)CCCCC(=O)O)OCCOC. The highest BCUT2D eigenvalue weighted by Gasteiger charge is 2.13. The average Bonchev–Trinajstić information content (AvgIpc) is 2.49. The van der Waals surface area contributed by atoms with E-state index in [4.69, 9.17) is 28.8 Å². The summed E-state index contributed by atoms with van der Waals surface area (Å²) in [7, 11) is 3.11. The molecule has 0 aromatic heterocycles. The van der Waals surface area contributed by atoms with Crippen molar-refractivity contribution in [2.45, 2.75) is 32.0 Å². The summed E-state index contributed by atoms with van der Waals surface area (Å²) in [5.41, 5.74) is 0. The first-order chi connectivity index (χ1) is 10.6. The first kappa shape index (κ1) is 20.8. The molecule has 0 saturated heterocycles. The molecule has 8 heteroatoms. The molecule has 0 fully saturated rings. The summed E-state index contributed by atoms with van der Waals surface area (Å²) in [6.07, 6.45) is 0.480. The molecule has 0 heterocycles. The molecule has 0 aliphatic heterocycles. The van der Waals surface area contributed by atoms with E-state index in [9.17, 15) is 9.59 Å². The van der Waals surface area contributed by atoms with Gasteiger partial charge in [-0.2, -0.15) is 0 Å². The lowest BCUT2D eigenvalue weighted by Gasteiger charge is -2.18. The lowest BCUT2D eigenvalue weighted by Crippen LogP contribution is -2.28. The third-order valence-electron chi connectivity index (χ3n) is 2.58. The monoisotopic (exact) mass is 322 g/mol. The summed E-state index contributed by atoms with van der Waals surface area (Å²) in [6.45, 7) is 1.44. The second kappa shape index (κ2) is 14.7. The van der Waals surface area contributed by atoms with Crippen molar-refractivity contribution in [1.29, 1.82) is 0 Å². The normalized spacial score (nSPS) is 10.9. The zero-order valence-corrected chi connectivity index (χ0v) is 13.2. The Labute approximate surface area is 130 Å². The van der Waals surface area contributed by atoms with Gasteiger partial charge in [0.1, 0.15) is 6.61 Å². The molecule has 0 bridgehead atoms. The van der Waals surface area contributed by atoms with Crippen LogP contribution in [0.4, 0.5) is 0 Å². The zero-order chi connectivity index (χ0) is 16.6. The number of ether oxygens (including phenoxy) is 5. The lowest BCUT2D eigenvalue weighted by molar-refractivity contribution is -0.188. The maximum absolute atomic E-state index is 11.5. The number of hydrogen-bond acceptors (Lipinski definition) is 7. The minimum atomic E-state index is -0.869. The summed E-state index contributed by atoms with van der Waals surface area (Å²) >= 11 is 0. The molecule has 0 unspecified atom stereocenters. The van der Waals surface area contributed by atoms with E-state index in [-0.39, 0.29) is 19.4 Å². The van der Waals surface area contributed by atoms with Crippen molar-refractivity contribution in [3.05, 3.63) is 0 Å². The Morgan fingerprint density at radius 3 is 1.95 bits per heavy atom. The van der Waals surface area contributed by atoms with E-state index in [1.807, 2.05) is 0 Å². The molecule has 0 radical (unpaired) electrons. The quantitative estimate of drug-likeness (QED) is 0.269. The number of carboxylic acid groups (broad SMARTS) is 1. The maximum atomic E-state index is 11.5. The molecule has 0 spiro atoms. The fourth-order valence-corrected chi connectivity index (χ4v) is 1.45. The second-order valence-corrected chi connectivity index (χ2v) is 4.44. The summed E-state index contributed by atoms with van der Waals surface area (Å²) in [4.78, 5) is 21.9. The Balaban J connectivity index is 3.86. The van der Waals surface area contributed by atoms with Crippen LogP contribution >= 0.6 is 0 Å². The van der Waals surface area contributed by atoms with E-state index < -0.39 is 18.2 Å². The van der Waals surface area contributed by atoms with Crippen LogP contribution in [0, 0.1) is 0 Å². The molecule has 0 rings (SSSR count). The van der Waals surface area contributed by atoms with Crippen molar-refractivity contribution in [1.82, 2.24) is 0 Å². The van der Waals surface area contributed by atoms with Gasteiger partial charge >= 0.3 is 11.9 Å². The molecular formula is C14H26O8. The second-order valence-electron chi connectivity index (χ2n) is 4.44. The summed E-state index contributed by atoms with van der Waals surface area (Å²) < 4.78 is 25.5.